The predicted molar refractivity (Wildman–Crippen MR) is 100 cm³/mol. The molecule has 6 nitrogen and oxygen atoms in total. The summed E-state index contributed by atoms with van der Waals surface area (Å²) in [7, 11) is 0. The van der Waals surface area contributed by atoms with Crippen molar-refractivity contribution in [2.75, 3.05) is 23.3 Å². The highest BCUT2D eigenvalue weighted by Gasteiger charge is 2.13. The van der Waals surface area contributed by atoms with E-state index in [1.165, 1.54) is 24.8 Å². The highest BCUT2D eigenvalue weighted by Crippen LogP contribution is 2.23. The van der Waals surface area contributed by atoms with Gasteiger partial charge in [-0.3, -0.25) is 5.10 Å². The molecule has 0 spiro atoms. The van der Waals surface area contributed by atoms with Crippen LogP contribution in [0.1, 0.15) is 24.8 Å². The molecule has 1 saturated heterocycles. The fourth-order valence-electron chi connectivity index (χ4n) is 3.09. The van der Waals surface area contributed by atoms with E-state index in [0.717, 1.165) is 30.2 Å². The van der Waals surface area contributed by atoms with E-state index in [-0.39, 0.29) is 0 Å². The average molecular weight is 334 g/mol. The van der Waals surface area contributed by atoms with Gasteiger partial charge in [-0.2, -0.15) is 10.1 Å². The maximum absolute atomic E-state index is 4.64. The molecule has 1 aromatic carbocycles. The maximum Gasteiger partial charge on any atom is 0.230 e. The van der Waals surface area contributed by atoms with Crippen LogP contribution in [0.25, 0.3) is 11.3 Å². The molecule has 1 aliphatic rings. The van der Waals surface area contributed by atoms with Crippen molar-refractivity contribution in [3.8, 4) is 11.3 Å². The molecule has 0 saturated carbocycles. The molecule has 0 aliphatic carbocycles. The van der Waals surface area contributed by atoms with Gasteiger partial charge in [0, 0.05) is 25.4 Å². The van der Waals surface area contributed by atoms with Crippen molar-refractivity contribution in [2.24, 2.45) is 0 Å². The van der Waals surface area contributed by atoms with Gasteiger partial charge in [-0.05, 0) is 37.8 Å². The lowest BCUT2D eigenvalue weighted by molar-refractivity contribution is 0.573. The molecule has 128 valence electrons. The molecule has 0 unspecified atom stereocenters. The third-order valence-electron chi connectivity index (χ3n) is 4.50. The van der Waals surface area contributed by atoms with Crippen LogP contribution in [0, 0.1) is 6.92 Å². The molecule has 0 radical (unpaired) electrons. The Labute approximate surface area is 147 Å². The molecule has 2 aromatic heterocycles. The molecular weight excluding hydrogens is 312 g/mol. The van der Waals surface area contributed by atoms with E-state index in [1.54, 1.807) is 6.20 Å². The number of aromatic nitrogens is 4. The van der Waals surface area contributed by atoms with Gasteiger partial charge in [0.2, 0.25) is 5.95 Å². The van der Waals surface area contributed by atoms with Gasteiger partial charge in [-0.15, -0.1) is 0 Å². The average Bonchev–Trinajstić information content (AvgIpc) is 3.12. The zero-order valence-electron chi connectivity index (χ0n) is 14.4. The van der Waals surface area contributed by atoms with Crippen LogP contribution in [-0.4, -0.2) is 33.3 Å². The molecule has 1 aliphatic heterocycles. The number of hydrogen-bond donors (Lipinski definition) is 2. The molecule has 25 heavy (non-hydrogen) atoms. The van der Waals surface area contributed by atoms with Crippen molar-refractivity contribution in [1.82, 2.24) is 20.2 Å². The van der Waals surface area contributed by atoms with Crippen LogP contribution in [0.15, 0.2) is 42.6 Å². The van der Waals surface area contributed by atoms with E-state index in [4.69, 9.17) is 0 Å². The van der Waals surface area contributed by atoms with Gasteiger partial charge in [-0.25, -0.2) is 4.98 Å². The predicted octanol–water partition coefficient (Wildman–Crippen LogP) is 3.91. The number of hydrogen-bond acceptors (Lipinski definition) is 5. The normalized spacial score (nSPS) is 14.5. The molecule has 6 heteroatoms. The van der Waals surface area contributed by atoms with Crippen molar-refractivity contribution in [3.63, 3.8) is 0 Å². The summed E-state index contributed by atoms with van der Waals surface area (Å²) in [5, 5.41) is 10.6. The van der Waals surface area contributed by atoms with Gasteiger partial charge in [0.25, 0.3) is 0 Å². The second-order valence-corrected chi connectivity index (χ2v) is 6.44. The first-order valence-electron chi connectivity index (χ1n) is 8.75. The fourth-order valence-corrected chi connectivity index (χ4v) is 3.09. The Morgan fingerprint density at radius 3 is 2.64 bits per heavy atom. The minimum absolute atomic E-state index is 0.574. The number of rotatable bonds is 4. The number of nitrogens with zero attached hydrogens (tertiary/aromatic N) is 4. The zero-order chi connectivity index (χ0) is 17.1. The summed E-state index contributed by atoms with van der Waals surface area (Å²) in [4.78, 5) is 11.3. The molecule has 3 aromatic rings. The number of aromatic amines is 1. The van der Waals surface area contributed by atoms with Crippen LogP contribution < -0.4 is 10.2 Å². The van der Waals surface area contributed by atoms with Crippen molar-refractivity contribution in [1.29, 1.82) is 0 Å². The van der Waals surface area contributed by atoms with Gasteiger partial charge < -0.3 is 10.2 Å². The quantitative estimate of drug-likeness (QED) is 0.757. The number of nitrogens with one attached hydrogen (secondary N) is 2. The fraction of sp³-hybridized carbons (Fsp3) is 0.316. The SMILES string of the molecule is Cc1ccc(-c2cc(Nc3nccc(N4CCCCC4)n3)n[nH]2)cc1. The third-order valence-corrected chi connectivity index (χ3v) is 4.50. The largest absolute Gasteiger partial charge is 0.356 e. The molecule has 0 bridgehead atoms. The van der Waals surface area contributed by atoms with Crippen LogP contribution in [0.2, 0.25) is 0 Å². The number of benzene rings is 1. The summed E-state index contributed by atoms with van der Waals surface area (Å²) in [6, 6.07) is 12.3. The number of anilines is 3. The molecule has 0 amide bonds. The molecule has 4 rings (SSSR count). The van der Waals surface area contributed by atoms with Gasteiger partial charge in [0.1, 0.15) is 5.82 Å². The first-order valence-corrected chi connectivity index (χ1v) is 8.75. The Balaban J connectivity index is 1.50. The van der Waals surface area contributed by atoms with E-state index in [0.29, 0.717) is 11.8 Å². The smallest absolute Gasteiger partial charge is 0.230 e. The summed E-state index contributed by atoms with van der Waals surface area (Å²) in [6.45, 7) is 4.21. The highest BCUT2D eigenvalue weighted by atomic mass is 15.3. The summed E-state index contributed by atoms with van der Waals surface area (Å²) in [5.74, 6) is 2.27. The molecule has 1 fully saturated rings. The third kappa shape index (κ3) is 3.63. The van der Waals surface area contributed by atoms with Crippen LogP contribution >= 0.6 is 0 Å². The molecular formula is C19H22N6. The first-order chi connectivity index (χ1) is 12.3. The number of piperidine rings is 1. The first kappa shape index (κ1) is 15.6. The highest BCUT2D eigenvalue weighted by molar-refractivity contribution is 5.64. The second kappa shape index (κ2) is 6.93. The van der Waals surface area contributed by atoms with Crippen molar-refractivity contribution in [3.05, 3.63) is 48.2 Å². The summed E-state index contributed by atoms with van der Waals surface area (Å²) < 4.78 is 0. The molecule has 0 atom stereocenters. The van der Waals surface area contributed by atoms with Gasteiger partial charge in [0.15, 0.2) is 5.82 Å². The van der Waals surface area contributed by atoms with E-state index >= 15 is 0 Å². The van der Waals surface area contributed by atoms with Crippen molar-refractivity contribution >= 4 is 17.6 Å². The second-order valence-electron chi connectivity index (χ2n) is 6.44. The minimum atomic E-state index is 0.574. The van der Waals surface area contributed by atoms with Gasteiger partial charge in [0.05, 0.1) is 5.69 Å². The van der Waals surface area contributed by atoms with Crippen LogP contribution in [0.5, 0.6) is 0 Å². The van der Waals surface area contributed by atoms with Crippen molar-refractivity contribution < 1.29 is 0 Å². The Bertz CT molecular complexity index is 833. The number of H-pyrrole nitrogens is 1. The van der Waals surface area contributed by atoms with Crippen molar-refractivity contribution in [2.45, 2.75) is 26.2 Å². The lowest BCUT2D eigenvalue weighted by Crippen LogP contribution is -2.30. The Morgan fingerprint density at radius 1 is 1.04 bits per heavy atom. The Morgan fingerprint density at radius 2 is 1.84 bits per heavy atom. The standard InChI is InChI=1S/C19H22N6/c1-14-5-7-15(8-6-14)16-13-17(24-23-16)21-19-20-10-9-18(22-19)25-11-3-2-4-12-25/h5-10,13H,2-4,11-12H2,1H3,(H2,20,21,22,23,24). The van der Waals surface area contributed by atoms with E-state index < -0.39 is 0 Å². The zero-order valence-corrected chi connectivity index (χ0v) is 14.4. The maximum atomic E-state index is 4.64. The topological polar surface area (TPSA) is 69.7 Å². The van der Waals surface area contributed by atoms with E-state index in [9.17, 15) is 0 Å². The Kier molecular flexibility index (Phi) is 4.33. The minimum Gasteiger partial charge on any atom is -0.356 e. The van der Waals surface area contributed by atoms with Gasteiger partial charge in [-0.1, -0.05) is 29.8 Å². The Hall–Kier alpha value is -2.89. The van der Waals surface area contributed by atoms with E-state index in [2.05, 4.69) is 61.6 Å². The monoisotopic (exact) mass is 334 g/mol. The summed E-state index contributed by atoms with van der Waals surface area (Å²) >= 11 is 0. The van der Waals surface area contributed by atoms with Crippen LogP contribution in [0.4, 0.5) is 17.6 Å². The van der Waals surface area contributed by atoms with E-state index in [1.807, 2.05) is 12.1 Å². The lowest BCUT2D eigenvalue weighted by Gasteiger charge is -2.27. The molecule has 2 N–H and O–H groups in total. The summed E-state index contributed by atoms with van der Waals surface area (Å²) in [6.07, 6.45) is 5.56. The van der Waals surface area contributed by atoms with Gasteiger partial charge >= 0.3 is 0 Å². The van der Waals surface area contributed by atoms with Crippen LogP contribution in [0.3, 0.4) is 0 Å². The number of aryl methyl sites for hydroxylation is 1. The lowest BCUT2D eigenvalue weighted by atomic mass is 10.1. The van der Waals surface area contributed by atoms with Crippen LogP contribution in [-0.2, 0) is 0 Å². The molecule has 3 heterocycles. The summed E-state index contributed by atoms with van der Waals surface area (Å²) in [5.41, 5.74) is 3.31.